The number of nitrogens with zero attached hydrogens (tertiary/aromatic N) is 2. The third-order valence-electron chi connectivity index (χ3n) is 2.51. The Hall–Kier alpha value is -1.41. The Morgan fingerprint density at radius 1 is 1.56 bits per heavy atom. The fourth-order valence-corrected chi connectivity index (χ4v) is 2.10. The number of amides is 1. The Labute approximate surface area is 114 Å². The van der Waals surface area contributed by atoms with Crippen LogP contribution < -0.4 is 0 Å². The van der Waals surface area contributed by atoms with Crippen LogP contribution in [-0.4, -0.2) is 23.4 Å². The molecule has 0 aliphatic rings. The molecule has 0 fully saturated rings. The van der Waals surface area contributed by atoms with Gasteiger partial charge in [-0.15, -0.1) is 0 Å². The molecule has 0 spiro atoms. The first-order chi connectivity index (χ1) is 8.47. The van der Waals surface area contributed by atoms with E-state index in [1.807, 2.05) is 19.9 Å². The molecular formula is C13H14BrFN2O. The fourth-order valence-electron chi connectivity index (χ4n) is 1.58. The van der Waals surface area contributed by atoms with Gasteiger partial charge in [0, 0.05) is 17.1 Å². The van der Waals surface area contributed by atoms with Crippen molar-refractivity contribution in [1.82, 2.24) is 4.90 Å². The highest BCUT2D eigenvalue weighted by molar-refractivity contribution is 9.10. The quantitative estimate of drug-likeness (QED) is 0.855. The predicted octanol–water partition coefficient (Wildman–Crippen LogP) is 3.35. The summed E-state index contributed by atoms with van der Waals surface area (Å²) in [7, 11) is 0. The van der Waals surface area contributed by atoms with E-state index < -0.39 is 5.82 Å². The van der Waals surface area contributed by atoms with E-state index in [4.69, 9.17) is 5.26 Å². The number of benzene rings is 1. The first-order valence-corrected chi connectivity index (χ1v) is 6.39. The van der Waals surface area contributed by atoms with Gasteiger partial charge in [0.15, 0.2) is 0 Å². The minimum absolute atomic E-state index is 0.0113. The molecule has 0 unspecified atom stereocenters. The van der Waals surface area contributed by atoms with Gasteiger partial charge in [-0.3, -0.25) is 4.79 Å². The SMILES string of the molecule is CC(C)N(CCC#N)C(=O)c1ccc(F)cc1Br. The summed E-state index contributed by atoms with van der Waals surface area (Å²) in [5, 5.41) is 8.59. The summed E-state index contributed by atoms with van der Waals surface area (Å²) in [5.41, 5.74) is 0.406. The lowest BCUT2D eigenvalue weighted by atomic mass is 10.1. The van der Waals surface area contributed by atoms with Crippen molar-refractivity contribution in [2.75, 3.05) is 6.54 Å². The van der Waals surface area contributed by atoms with Gasteiger partial charge in [0.2, 0.25) is 0 Å². The van der Waals surface area contributed by atoms with Crippen LogP contribution in [0.2, 0.25) is 0 Å². The van der Waals surface area contributed by atoms with Crippen molar-refractivity contribution in [3.63, 3.8) is 0 Å². The summed E-state index contributed by atoms with van der Waals surface area (Å²) in [4.78, 5) is 13.9. The predicted molar refractivity (Wildman–Crippen MR) is 70.5 cm³/mol. The minimum Gasteiger partial charge on any atom is -0.335 e. The Morgan fingerprint density at radius 2 is 2.22 bits per heavy atom. The standard InChI is InChI=1S/C13H14BrFN2O/c1-9(2)17(7-3-6-16)13(18)11-5-4-10(15)8-12(11)14/h4-5,8-9H,3,7H2,1-2H3. The number of carbonyl (C=O) groups is 1. The molecule has 0 radical (unpaired) electrons. The Bertz CT molecular complexity index is 482. The van der Waals surface area contributed by atoms with E-state index in [0.717, 1.165) is 0 Å². The van der Waals surface area contributed by atoms with Gasteiger partial charge in [0.25, 0.3) is 5.91 Å². The number of hydrogen-bond acceptors (Lipinski definition) is 2. The Kier molecular flexibility index (Phi) is 5.29. The van der Waals surface area contributed by atoms with E-state index in [0.29, 0.717) is 16.6 Å². The topological polar surface area (TPSA) is 44.1 Å². The smallest absolute Gasteiger partial charge is 0.255 e. The molecule has 0 aliphatic carbocycles. The third-order valence-corrected chi connectivity index (χ3v) is 3.17. The number of carbonyl (C=O) groups excluding carboxylic acids is 1. The van der Waals surface area contributed by atoms with Gasteiger partial charge in [-0.1, -0.05) is 0 Å². The van der Waals surface area contributed by atoms with Gasteiger partial charge >= 0.3 is 0 Å². The van der Waals surface area contributed by atoms with Crippen molar-refractivity contribution < 1.29 is 9.18 Å². The second kappa shape index (κ2) is 6.50. The lowest BCUT2D eigenvalue weighted by molar-refractivity contribution is 0.0709. The van der Waals surface area contributed by atoms with Crippen LogP contribution in [0.4, 0.5) is 4.39 Å². The second-order valence-electron chi connectivity index (χ2n) is 4.12. The summed E-state index contributed by atoms with van der Waals surface area (Å²) >= 11 is 3.18. The largest absolute Gasteiger partial charge is 0.335 e. The van der Waals surface area contributed by atoms with E-state index in [2.05, 4.69) is 15.9 Å². The highest BCUT2D eigenvalue weighted by Gasteiger charge is 2.20. The monoisotopic (exact) mass is 312 g/mol. The summed E-state index contributed by atoms with van der Waals surface area (Å²) in [6.07, 6.45) is 0.280. The van der Waals surface area contributed by atoms with Crippen LogP contribution in [0.15, 0.2) is 22.7 Å². The molecule has 0 atom stereocenters. The lowest BCUT2D eigenvalue weighted by Crippen LogP contribution is -2.37. The fraction of sp³-hybridized carbons (Fsp3) is 0.385. The molecule has 0 N–H and O–H groups in total. The molecule has 1 aromatic carbocycles. The molecule has 0 saturated carbocycles. The van der Waals surface area contributed by atoms with Crippen LogP contribution in [-0.2, 0) is 0 Å². The highest BCUT2D eigenvalue weighted by atomic mass is 79.9. The van der Waals surface area contributed by atoms with E-state index >= 15 is 0 Å². The maximum Gasteiger partial charge on any atom is 0.255 e. The van der Waals surface area contributed by atoms with Crippen LogP contribution in [0.1, 0.15) is 30.6 Å². The van der Waals surface area contributed by atoms with Crippen molar-refractivity contribution in [3.8, 4) is 6.07 Å². The molecule has 96 valence electrons. The Morgan fingerprint density at radius 3 is 2.72 bits per heavy atom. The number of hydrogen-bond donors (Lipinski definition) is 0. The summed E-state index contributed by atoms with van der Waals surface area (Å²) in [6, 6.07) is 5.96. The molecule has 0 bridgehead atoms. The van der Waals surface area contributed by atoms with Gasteiger partial charge in [-0.2, -0.15) is 5.26 Å². The summed E-state index contributed by atoms with van der Waals surface area (Å²) < 4.78 is 13.4. The highest BCUT2D eigenvalue weighted by Crippen LogP contribution is 2.20. The normalized spacial score (nSPS) is 10.2. The molecule has 0 saturated heterocycles. The Balaban J connectivity index is 2.99. The number of rotatable bonds is 4. The average molecular weight is 313 g/mol. The lowest BCUT2D eigenvalue weighted by Gasteiger charge is -2.26. The van der Waals surface area contributed by atoms with Crippen molar-refractivity contribution in [2.24, 2.45) is 0 Å². The molecule has 3 nitrogen and oxygen atoms in total. The van der Waals surface area contributed by atoms with Crippen LogP contribution in [0, 0.1) is 17.1 Å². The zero-order chi connectivity index (χ0) is 13.7. The molecule has 0 heterocycles. The van der Waals surface area contributed by atoms with Gasteiger partial charge in [-0.25, -0.2) is 4.39 Å². The molecular weight excluding hydrogens is 299 g/mol. The second-order valence-corrected chi connectivity index (χ2v) is 4.98. The van der Waals surface area contributed by atoms with Crippen molar-refractivity contribution in [3.05, 3.63) is 34.1 Å². The molecule has 1 aromatic rings. The van der Waals surface area contributed by atoms with E-state index in [1.54, 1.807) is 4.90 Å². The van der Waals surface area contributed by atoms with Gasteiger partial charge in [-0.05, 0) is 48.0 Å². The van der Waals surface area contributed by atoms with E-state index in [-0.39, 0.29) is 18.4 Å². The van der Waals surface area contributed by atoms with Crippen molar-refractivity contribution in [1.29, 1.82) is 5.26 Å². The van der Waals surface area contributed by atoms with Crippen LogP contribution >= 0.6 is 15.9 Å². The third kappa shape index (κ3) is 3.54. The van der Waals surface area contributed by atoms with Crippen LogP contribution in [0.3, 0.4) is 0 Å². The first-order valence-electron chi connectivity index (χ1n) is 5.60. The van der Waals surface area contributed by atoms with E-state index in [1.165, 1.54) is 18.2 Å². The zero-order valence-corrected chi connectivity index (χ0v) is 11.9. The van der Waals surface area contributed by atoms with Crippen molar-refractivity contribution in [2.45, 2.75) is 26.3 Å². The molecule has 18 heavy (non-hydrogen) atoms. The maximum absolute atomic E-state index is 13.0. The maximum atomic E-state index is 13.0. The summed E-state index contributed by atoms with van der Waals surface area (Å²) in [5.74, 6) is -0.598. The number of nitriles is 1. The molecule has 1 rings (SSSR count). The van der Waals surface area contributed by atoms with Crippen LogP contribution in [0.25, 0.3) is 0 Å². The number of halogens is 2. The molecule has 0 aliphatic heterocycles. The van der Waals surface area contributed by atoms with Gasteiger partial charge in [0.1, 0.15) is 5.82 Å². The van der Waals surface area contributed by atoms with Gasteiger partial charge < -0.3 is 4.90 Å². The van der Waals surface area contributed by atoms with Gasteiger partial charge in [0.05, 0.1) is 18.1 Å². The molecule has 0 aromatic heterocycles. The van der Waals surface area contributed by atoms with Crippen molar-refractivity contribution >= 4 is 21.8 Å². The zero-order valence-electron chi connectivity index (χ0n) is 10.3. The molecule has 5 heteroatoms. The average Bonchev–Trinajstić information content (AvgIpc) is 2.28. The molecule has 1 amide bonds. The van der Waals surface area contributed by atoms with Crippen LogP contribution in [0.5, 0.6) is 0 Å². The van der Waals surface area contributed by atoms with E-state index in [9.17, 15) is 9.18 Å². The first kappa shape index (κ1) is 14.7. The minimum atomic E-state index is -0.397. The summed E-state index contributed by atoms with van der Waals surface area (Å²) in [6.45, 7) is 4.14.